The summed E-state index contributed by atoms with van der Waals surface area (Å²) in [4.78, 5) is 0. The second-order valence-corrected chi connectivity index (χ2v) is 8.50. The number of nitrogens with zero attached hydrogens (tertiary/aromatic N) is 3. The van der Waals surface area contributed by atoms with Crippen LogP contribution in [0.5, 0.6) is 0 Å². The molecule has 0 atom stereocenters. The van der Waals surface area contributed by atoms with Gasteiger partial charge in [-0.05, 0) is 37.2 Å². The summed E-state index contributed by atoms with van der Waals surface area (Å²) in [5.74, 6) is 0.485. The molecule has 0 unspecified atom stereocenters. The van der Waals surface area contributed by atoms with Crippen molar-refractivity contribution in [2.24, 2.45) is 0 Å². The maximum absolute atomic E-state index is 12.2. The summed E-state index contributed by atoms with van der Waals surface area (Å²) < 4.78 is 28.1. The third-order valence-corrected chi connectivity index (χ3v) is 6.79. The van der Waals surface area contributed by atoms with Crippen molar-refractivity contribution < 1.29 is 8.42 Å². The standard InChI is InChI=1S/C14H23N3O2S/c1-11(2)12-9-15-17(10-12)13-5-7-16(8-6-13)20(18,19)14-3-4-14/h9-11,13-14H,3-8H2,1-2H3. The van der Waals surface area contributed by atoms with Crippen LogP contribution in [0.25, 0.3) is 0 Å². The smallest absolute Gasteiger partial charge is 0.216 e. The lowest BCUT2D eigenvalue weighted by Crippen LogP contribution is -2.40. The molecule has 5 nitrogen and oxygen atoms in total. The number of piperidine rings is 1. The van der Waals surface area contributed by atoms with Gasteiger partial charge in [0.2, 0.25) is 10.0 Å². The van der Waals surface area contributed by atoms with Crippen LogP contribution in [0, 0.1) is 0 Å². The highest BCUT2D eigenvalue weighted by molar-refractivity contribution is 7.90. The fraction of sp³-hybridized carbons (Fsp3) is 0.786. The average Bonchev–Trinajstić information content (AvgIpc) is 3.17. The van der Waals surface area contributed by atoms with Gasteiger partial charge in [-0.15, -0.1) is 0 Å². The van der Waals surface area contributed by atoms with Gasteiger partial charge in [0.1, 0.15) is 0 Å². The van der Waals surface area contributed by atoms with Crippen LogP contribution in [0.3, 0.4) is 0 Å². The minimum absolute atomic E-state index is 0.0868. The zero-order valence-corrected chi connectivity index (χ0v) is 13.0. The third kappa shape index (κ3) is 2.63. The maximum Gasteiger partial charge on any atom is 0.216 e. The van der Waals surface area contributed by atoms with Crippen molar-refractivity contribution in [2.45, 2.75) is 56.7 Å². The van der Waals surface area contributed by atoms with Crippen molar-refractivity contribution in [1.82, 2.24) is 14.1 Å². The van der Waals surface area contributed by atoms with Gasteiger partial charge in [0.25, 0.3) is 0 Å². The first-order valence-corrected chi connectivity index (χ1v) is 9.02. The molecular weight excluding hydrogens is 274 g/mol. The molecule has 2 fully saturated rings. The molecule has 20 heavy (non-hydrogen) atoms. The number of aromatic nitrogens is 2. The molecule has 1 aromatic heterocycles. The van der Waals surface area contributed by atoms with E-state index in [0.29, 0.717) is 25.0 Å². The Hall–Kier alpha value is -0.880. The van der Waals surface area contributed by atoms with Crippen LogP contribution in [0.1, 0.15) is 57.1 Å². The Bertz CT molecular complexity index is 567. The highest BCUT2D eigenvalue weighted by Crippen LogP contribution is 2.34. The average molecular weight is 297 g/mol. The van der Waals surface area contributed by atoms with Crippen LogP contribution >= 0.6 is 0 Å². The molecule has 112 valence electrons. The second kappa shape index (κ2) is 5.15. The number of hydrogen-bond acceptors (Lipinski definition) is 3. The van der Waals surface area contributed by atoms with Gasteiger partial charge in [-0.3, -0.25) is 4.68 Å². The van der Waals surface area contributed by atoms with Crippen molar-refractivity contribution in [3.63, 3.8) is 0 Å². The lowest BCUT2D eigenvalue weighted by Gasteiger charge is -2.31. The topological polar surface area (TPSA) is 55.2 Å². The van der Waals surface area contributed by atoms with Crippen molar-refractivity contribution in [3.8, 4) is 0 Å². The molecule has 3 rings (SSSR count). The van der Waals surface area contributed by atoms with E-state index in [1.54, 1.807) is 4.31 Å². The van der Waals surface area contributed by atoms with E-state index in [0.717, 1.165) is 25.7 Å². The highest BCUT2D eigenvalue weighted by atomic mass is 32.2. The molecule has 0 aromatic carbocycles. The summed E-state index contributed by atoms with van der Waals surface area (Å²) in [6.45, 7) is 5.60. The molecule has 2 heterocycles. The van der Waals surface area contributed by atoms with Gasteiger partial charge in [0.15, 0.2) is 0 Å². The summed E-state index contributed by atoms with van der Waals surface area (Å²) in [5.41, 5.74) is 1.25. The van der Waals surface area contributed by atoms with Crippen LogP contribution in [-0.4, -0.2) is 40.8 Å². The van der Waals surface area contributed by atoms with Crippen LogP contribution in [0.15, 0.2) is 12.4 Å². The first-order chi connectivity index (χ1) is 9.48. The molecular formula is C14H23N3O2S. The van der Waals surface area contributed by atoms with Crippen molar-refractivity contribution in [1.29, 1.82) is 0 Å². The summed E-state index contributed by atoms with van der Waals surface area (Å²) in [7, 11) is -3.00. The van der Waals surface area contributed by atoms with Gasteiger partial charge in [-0.2, -0.15) is 5.10 Å². The first-order valence-electron chi connectivity index (χ1n) is 7.51. The summed E-state index contributed by atoms with van der Waals surface area (Å²) in [5, 5.41) is 4.36. The molecule has 0 amide bonds. The molecule has 1 aromatic rings. The van der Waals surface area contributed by atoms with E-state index in [4.69, 9.17) is 0 Å². The van der Waals surface area contributed by atoms with E-state index >= 15 is 0 Å². The zero-order valence-electron chi connectivity index (χ0n) is 12.2. The Labute approximate surface area is 121 Å². The monoisotopic (exact) mass is 297 g/mol. The summed E-state index contributed by atoms with van der Waals surface area (Å²) >= 11 is 0. The molecule has 1 saturated heterocycles. The number of rotatable bonds is 4. The minimum atomic E-state index is -3.00. The minimum Gasteiger partial charge on any atom is -0.269 e. The Kier molecular flexibility index (Phi) is 3.62. The molecule has 1 aliphatic heterocycles. The molecule has 0 radical (unpaired) electrons. The normalized spacial score (nSPS) is 22.6. The zero-order chi connectivity index (χ0) is 14.3. The fourth-order valence-corrected chi connectivity index (χ4v) is 4.66. The lowest BCUT2D eigenvalue weighted by atomic mass is 10.1. The fourth-order valence-electron chi connectivity index (χ4n) is 2.79. The second-order valence-electron chi connectivity index (χ2n) is 6.28. The van der Waals surface area contributed by atoms with Crippen molar-refractivity contribution in [3.05, 3.63) is 18.0 Å². The Morgan fingerprint density at radius 3 is 2.35 bits per heavy atom. The first kappa shape index (κ1) is 14.1. The Morgan fingerprint density at radius 2 is 1.85 bits per heavy atom. The molecule has 0 spiro atoms. The molecule has 0 bridgehead atoms. The SMILES string of the molecule is CC(C)c1cnn(C2CCN(S(=O)(=O)C3CC3)CC2)c1. The molecule has 2 aliphatic rings. The Balaban J connectivity index is 1.63. The number of sulfonamides is 1. The van der Waals surface area contributed by atoms with Crippen molar-refractivity contribution in [2.75, 3.05) is 13.1 Å². The van der Waals surface area contributed by atoms with E-state index < -0.39 is 10.0 Å². The predicted octanol–water partition coefficient (Wildman–Crippen LogP) is 2.14. The van der Waals surface area contributed by atoms with Gasteiger partial charge < -0.3 is 0 Å². The van der Waals surface area contributed by atoms with Gasteiger partial charge >= 0.3 is 0 Å². The quantitative estimate of drug-likeness (QED) is 0.855. The maximum atomic E-state index is 12.2. The summed E-state index contributed by atoms with van der Waals surface area (Å²) in [6.07, 6.45) is 7.47. The third-order valence-electron chi connectivity index (χ3n) is 4.39. The van der Waals surface area contributed by atoms with Gasteiger partial charge in [0, 0.05) is 19.3 Å². The van der Waals surface area contributed by atoms with Gasteiger partial charge in [-0.1, -0.05) is 13.8 Å². The van der Waals surface area contributed by atoms with Crippen LogP contribution in [-0.2, 0) is 10.0 Å². The van der Waals surface area contributed by atoms with Crippen LogP contribution < -0.4 is 0 Å². The largest absolute Gasteiger partial charge is 0.269 e. The van der Waals surface area contributed by atoms with E-state index in [9.17, 15) is 8.42 Å². The Morgan fingerprint density at radius 1 is 1.20 bits per heavy atom. The molecule has 1 aliphatic carbocycles. The summed E-state index contributed by atoms with van der Waals surface area (Å²) in [6, 6.07) is 0.341. The predicted molar refractivity (Wildman–Crippen MR) is 78.1 cm³/mol. The van der Waals surface area contributed by atoms with Gasteiger partial charge in [-0.25, -0.2) is 12.7 Å². The number of hydrogen-bond donors (Lipinski definition) is 0. The van der Waals surface area contributed by atoms with E-state index in [-0.39, 0.29) is 5.25 Å². The van der Waals surface area contributed by atoms with E-state index in [1.807, 2.05) is 10.9 Å². The van der Waals surface area contributed by atoms with Crippen LogP contribution in [0.4, 0.5) is 0 Å². The highest BCUT2D eigenvalue weighted by Gasteiger charge is 2.41. The molecule has 0 N–H and O–H groups in total. The molecule has 1 saturated carbocycles. The van der Waals surface area contributed by atoms with Crippen LogP contribution in [0.2, 0.25) is 0 Å². The van der Waals surface area contributed by atoms with Gasteiger partial charge in [0.05, 0.1) is 17.5 Å². The van der Waals surface area contributed by atoms with Crippen molar-refractivity contribution >= 4 is 10.0 Å². The van der Waals surface area contributed by atoms with E-state index in [1.165, 1.54) is 5.56 Å². The lowest BCUT2D eigenvalue weighted by molar-refractivity contribution is 0.260. The van der Waals surface area contributed by atoms with E-state index in [2.05, 4.69) is 25.1 Å². The molecule has 6 heteroatoms.